The molecule has 1 aliphatic heterocycles. The first kappa shape index (κ1) is 10.8. The lowest BCUT2D eigenvalue weighted by Crippen LogP contribution is -2.34. The number of ether oxygens (including phenoxy) is 1. The van der Waals surface area contributed by atoms with Gasteiger partial charge in [0.15, 0.2) is 5.11 Å². The first-order valence-corrected chi connectivity index (χ1v) is 6.37. The maximum Gasteiger partial charge on any atom is 0.173 e. The highest BCUT2D eigenvalue weighted by atomic mass is 32.1. The van der Waals surface area contributed by atoms with Crippen molar-refractivity contribution in [3.05, 3.63) is 24.3 Å². The molecule has 0 radical (unpaired) electrons. The van der Waals surface area contributed by atoms with Crippen LogP contribution in [0.3, 0.4) is 0 Å². The van der Waals surface area contributed by atoms with Crippen LogP contribution in [-0.2, 0) is 0 Å². The maximum atomic E-state index is 5.44. The second kappa shape index (κ2) is 4.18. The Morgan fingerprint density at radius 1 is 1.35 bits per heavy atom. The molecule has 1 N–H and O–H groups in total. The fourth-order valence-electron chi connectivity index (χ4n) is 2.51. The normalized spacial score (nSPS) is 25.4. The van der Waals surface area contributed by atoms with Crippen LogP contribution in [-0.4, -0.2) is 30.2 Å². The van der Waals surface area contributed by atoms with Gasteiger partial charge < -0.3 is 15.0 Å². The number of anilines is 1. The number of rotatable bonds is 2. The monoisotopic (exact) mass is 248 g/mol. The Hall–Kier alpha value is -1.29. The summed E-state index contributed by atoms with van der Waals surface area (Å²) < 4.78 is 5.30. The quantitative estimate of drug-likeness (QED) is 0.812. The third kappa shape index (κ3) is 2.09. The minimum Gasteiger partial charge on any atom is -0.495 e. The molecule has 2 atom stereocenters. The average Bonchev–Trinajstić information content (AvgIpc) is 2.96. The second-order valence-electron chi connectivity index (χ2n) is 4.79. The lowest BCUT2D eigenvalue weighted by atomic mass is 10.3. The Kier molecular flexibility index (Phi) is 2.67. The molecule has 4 heteroatoms. The van der Waals surface area contributed by atoms with Crippen molar-refractivity contribution in [2.75, 3.05) is 25.5 Å². The van der Waals surface area contributed by atoms with Gasteiger partial charge in [-0.05, 0) is 42.6 Å². The van der Waals surface area contributed by atoms with Gasteiger partial charge in [-0.3, -0.25) is 0 Å². The third-order valence-electron chi connectivity index (χ3n) is 3.61. The fourth-order valence-corrected chi connectivity index (χ4v) is 2.77. The molecule has 1 aromatic carbocycles. The van der Waals surface area contributed by atoms with Crippen molar-refractivity contribution in [2.45, 2.75) is 6.42 Å². The SMILES string of the molecule is COc1ccccc1NC(=S)N1CC2CC2C1. The van der Waals surface area contributed by atoms with E-state index in [1.807, 2.05) is 24.3 Å². The largest absolute Gasteiger partial charge is 0.495 e. The molecule has 1 aromatic rings. The molecule has 2 aliphatic rings. The highest BCUT2D eigenvalue weighted by Gasteiger charge is 2.45. The van der Waals surface area contributed by atoms with Crippen LogP contribution in [0.25, 0.3) is 0 Å². The van der Waals surface area contributed by atoms with Gasteiger partial charge >= 0.3 is 0 Å². The number of nitrogens with zero attached hydrogens (tertiary/aromatic N) is 1. The molecule has 1 saturated heterocycles. The number of piperidine rings is 1. The van der Waals surface area contributed by atoms with E-state index >= 15 is 0 Å². The van der Waals surface area contributed by atoms with E-state index in [0.29, 0.717) is 0 Å². The summed E-state index contributed by atoms with van der Waals surface area (Å²) in [6, 6.07) is 7.86. The highest BCUT2D eigenvalue weighted by molar-refractivity contribution is 7.80. The van der Waals surface area contributed by atoms with E-state index < -0.39 is 0 Å². The predicted molar refractivity (Wildman–Crippen MR) is 72.4 cm³/mol. The van der Waals surface area contributed by atoms with Crippen LogP contribution >= 0.6 is 12.2 Å². The molecule has 0 bridgehead atoms. The molecule has 17 heavy (non-hydrogen) atoms. The lowest BCUT2D eigenvalue weighted by Gasteiger charge is -2.22. The van der Waals surface area contributed by atoms with Crippen LogP contribution in [0.5, 0.6) is 5.75 Å². The second-order valence-corrected chi connectivity index (χ2v) is 5.18. The molecule has 1 aliphatic carbocycles. The summed E-state index contributed by atoms with van der Waals surface area (Å²) in [6.45, 7) is 2.23. The van der Waals surface area contributed by atoms with Gasteiger partial charge in [0.05, 0.1) is 12.8 Å². The minimum atomic E-state index is 0.821. The summed E-state index contributed by atoms with van der Waals surface area (Å²) in [6.07, 6.45) is 1.40. The zero-order valence-corrected chi connectivity index (χ0v) is 10.7. The van der Waals surface area contributed by atoms with E-state index in [0.717, 1.165) is 41.5 Å². The van der Waals surface area contributed by atoms with E-state index in [4.69, 9.17) is 17.0 Å². The van der Waals surface area contributed by atoms with E-state index in [9.17, 15) is 0 Å². The van der Waals surface area contributed by atoms with Crippen molar-refractivity contribution in [3.63, 3.8) is 0 Å². The predicted octanol–water partition coefficient (Wildman–Crippen LogP) is 2.34. The van der Waals surface area contributed by atoms with Crippen molar-refractivity contribution in [1.29, 1.82) is 0 Å². The van der Waals surface area contributed by atoms with Crippen molar-refractivity contribution < 1.29 is 4.74 Å². The smallest absolute Gasteiger partial charge is 0.173 e. The zero-order chi connectivity index (χ0) is 11.8. The molecule has 0 spiro atoms. The highest BCUT2D eigenvalue weighted by Crippen LogP contribution is 2.45. The standard InChI is InChI=1S/C13H16N2OS/c1-16-12-5-3-2-4-11(12)14-13(17)15-7-9-6-10(9)8-15/h2-5,9-10H,6-8H2,1H3,(H,14,17). The van der Waals surface area contributed by atoms with Gasteiger partial charge in [0, 0.05) is 13.1 Å². The molecule has 3 nitrogen and oxygen atoms in total. The number of hydrogen-bond acceptors (Lipinski definition) is 2. The Morgan fingerprint density at radius 2 is 2.06 bits per heavy atom. The number of benzene rings is 1. The summed E-state index contributed by atoms with van der Waals surface area (Å²) in [5.41, 5.74) is 0.945. The molecule has 2 unspecified atom stereocenters. The number of para-hydroxylation sites is 2. The number of thiocarbonyl (C=S) groups is 1. The zero-order valence-electron chi connectivity index (χ0n) is 9.85. The molecule has 0 amide bonds. The molecular formula is C13H16N2OS. The molecular weight excluding hydrogens is 232 g/mol. The number of fused-ring (bicyclic) bond motifs is 1. The van der Waals surface area contributed by atoms with Gasteiger partial charge in [-0.2, -0.15) is 0 Å². The van der Waals surface area contributed by atoms with Crippen LogP contribution in [0.2, 0.25) is 0 Å². The Labute approximate surface area is 107 Å². The Balaban J connectivity index is 1.67. The van der Waals surface area contributed by atoms with Gasteiger partial charge in [-0.25, -0.2) is 0 Å². The molecule has 90 valence electrons. The summed E-state index contributed by atoms with van der Waals surface area (Å²) in [5.74, 6) is 2.62. The van der Waals surface area contributed by atoms with Crippen LogP contribution < -0.4 is 10.1 Å². The van der Waals surface area contributed by atoms with Gasteiger partial charge in [-0.1, -0.05) is 12.1 Å². The summed E-state index contributed by atoms with van der Waals surface area (Å²) in [7, 11) is 1.68. The molecule has 1 heterocycles. The molecule has 2 fully saturated rings. The first-order valence-electron chi connectivity index (χ1n) is 5.97. The lowest BCUT2D eigenvalue weighted by molar-refractivity contribution is 0.416. The number of hydrogen-bond donors (Lipinski definition) is 1. The van der Waals surface area contributed by atoms with Crippen LogP contribution in [0.4, 0.5) is 5.69 Å². The van der Waals surface area contributed by atoms with E-state index in [1.54, 1.807) is 7.11 Å². The van der Waals surface area contributed by atoms with Crippen LogP contribution in [0, 0.1) is 11.8 Å². The van der Waals surface area contributed by atoms with Gasteiger partial charge in [-0.15, -0.1) is 0 Å². The van der Waals surface area contributed by atoms with Gasteiger partial charge in [0.2, 0.25) is 0 Å². The van der Waals surface area contributed by atoms with Gasteiger partial charge in [0.25, 0.3) is 0 Å². The number of methoxy groups -OCH3 is 1. The van der Waals surface area contributed by atoms with Crippen molar-refractivity contribution in [3.8, 4) is 5.75 Å². The fraction of sp³-hybridized carbons (Fsp3) is 0.462. The summed E-state index contributed by atoms with van der Waals surface area (Å²) in [4.78, 5) is 2.26. The Morgan fingerprint density at radius 3 is 2.76 bits per heavy atom. The van der Waals surface area contributed by atoms with E-state index in [1.165, 1.54) is 6.42 Å². The van der Waals surface area contributed by atoms with Crippen LogP contribution in [0.1, 0.15) is 6.42 Å². The molecule has 0 aromatic heterocycles. The van der Waals surface area contributed by atoms with E-state index in [-0.39, 0.29) is 0 Å². The van der Waals surface area contributed by atoms with Crippen LogP contribution in [0.15, 0.2) is 24.3 Å². The van der Waals surface area contributed by atoms with Crippen molar-refractivity contribution in [2.24, 2.45) is 11.8 Å². The maximum absolute atomic E-state index is 5.44. The summed E-state index contributed by atoms with van der Waals surface area (Å²) >= 11 is 5.44. The van der Waals surface area contributed by atoms with Gasteiger partial charge in [0.1, 0.15) is 5.75 Å². The van der Waals surface area contributed by atoms with E-state index in [2.05, 4.69) is 10.2 Å². The number of likely N-dealkylation sites (tertiary alicyclic amines) is 1. The van der Waals surface area contributed by atoms with Crippen molar-refractivity contribution >= 4 is 23.0 Å². The number of nitrogens with one attached hydrogen (secondary N) is 1. The summed E-state index contributed by atoms with van der Waals surface area (Å²) in [5, 5.41) is 4.10. The van der Waals surface area contributed by atoms with Crippen molar-refractivity contribution in [1.82, 2.24) is 4.90 Å². The average molecular weight is 248 g/mol. The molecule has 3 rings (SSSR count). The Bertz CT molecular complexity index is 439. The first-order chi connectivity index (χ1) is 8.28. The minimum absolute atomic E-state index is 0.821. The third-order valence-corrected chi connectivity index (χ3v) is 3.97. The molecule has 1 saturated carbocycles. The topological polar surface area (TPSA) is 24.5 Å².